The number of carbonyl (C=O) groups excluding carboxylic acids is 1. The number of hydrazine groups is 1. The van der Waals surface area contributed by atoms with Crippen LogP contribution in [0, 0.1) is 0 Å². The van der Waals surface area contributed by atoms with Crippen molar-refractivity contribution in [1.29, 1.82) is 0 Å². The van der Waals surface area contributed by atoms with Crippen LogP contribution in [0.15, 0.2) is 18.2 Å². The number of rotatable bonds is 7. The molecule has 0 aliphatic rings. The lowest BCUT2D eigenvalue weighted by molar-refractivity contribution is 0.0455. The summed E-state index contributed by atoms with van der Waals surface area (Å²) >= 11 is 0. The molecule has 0 spiro atoms. The maximum absolute atomic E-state index is 11.5. The lowest BCUT2D eigenvalue weighted by atomic mass is 10.2. The highest BCUT2D eigenvalue weighted by Gasteiger charge is 2.13. The SMILES string of the molecule is COCOc1ccc(C(=O)NN)c(OCOC)c1. The molecular formula is C11H16N2O5. The smallest absolute Gasteiger partial charge is 0.268 e. The van der Waals surface area contributed by atoms with E-state index in [2.05, 4.69) is 0 Å². The predicted octanol–water partition coefficient (Wildman–Crippen LogP) is 0.256. The number of benzene rings is 1. The van der Waals surface area contributed by atoms with Crippen LogP contribution in [0.25, 0.3) is 0 Å². The van der Waals surface area contributed by atoms with Gasteiger partial charge in [0.1, 0.15) is 11.5 Å². The zero-order valence-corrected chi connectivity index (χ0v) is 10.3. The molecule has 18 heavy (non-hydrogen) atoms. The van der Waals surface area contributed by atoms with E-state index < -0.39 is 5.91 Å². The minimum absolute atomic E-state index is 0.0125. The third kappa shape index (κ3) is 3.88. The molecule has 1 rings (SSSR count). The van der Waals surface area contributed by atoms with Crippen molar-refractivity contribution in [3.05, 3.63) is 23.8 Å². The Kier molecular flexibility index (Phi) is 5.92. The van der Waals surface area contributed by atoms with E-state index in [-0.39, 0.29) is 13.6 Å². The average molecular weight is 256 g/mol. The molecule has 7 heteroatoms. The fourth-order valence-electron chi connectivity index (χ4n) is 1.23. The Labute approximate surface area is 105 Å². The quantitative estimate of drug-likeness (QED) is 0.314. The summed E-state index contributed by atoms with van der Waals surface area (Å²) < 4.78 is 20.1. The van der Waals surface area contributed by atoms with Crippen molar-refractivity contribution in [3.8, 4) is 11.5 Å². The molecule has 0 bridgehead atoms. The van der Waals surface area contributed by atoms with Crippen LogP contribution in [-0.2, 0) is 9.47 Å². The van der Waals surface area contributed by atoms with Gasteiger partial charge in [-0.15, -0.1) is 0 Å². The Morgan fingerprint density at radius 3 is 2.50 bits per heavy atom. The molecule has 1 aromatic rings. The molecule has 0 unspecified atom stereocenters. The number of nitrogen functional groups attached to an aromatic ring is 1. The van der Waals surface area contributed by atoms with E-state index >= 15 is 0 Å². The van der Waals surface area contributed by atoms with Crippen LogP contribution in [0.2, 0.25) is 0 Å². The minimum atomic E-state index is -0.459. The largest absolute Gasteiger partial charge is 0.467 e. The second kappa shape index (κ2) is 7.49. The zero-order chi connectivity index (χ0) is 13.4. The summed E-state index contributed by atoms with van der Waals surface area (Å²) in [7, 11) is 2.99. The van der Waals surface area contributed by atoms with Crippen molar-refractivity contribution in [2.45, 2.75) is 0 Å². The summed E-state index contributed by atoms with van der Waals surface area (Å²) in [6.07, 6.45) is 0. The Balaban J connectivity index is 2.92. The summed E-state index contributed by atoms with van der Waals surface area (Å²) in [6, 6.07) is 4.71. The van der Waals surface area contributed by atoms with E-state index in [1.165, 1.54) is 20.3 Å². The molecule has 0 atom stereocenters. The number of nitrogens with one attached hydrogen (secondary N) is 1. The molecule has 100 valence electrons. The van der Waals surface area contributed by atoms with Gasteiger partial charge in [-0.2, -0.15) is 0 Å². The maximum atomic E-state index is 11.5. The Bertz CT molecular complexity index is 397. The number of methoxy groups -OCH3 is 2. The van der Waals surface area contributed by atoms with Crippen LogP contribution in [0.4, 0.5) is 0 Å². The first-order valence-electron chi connectivity index (χ1n) is 5.11. The van der Waals surface area contributed by atoms with E-state index in [0.29, 0.717) is 17.1 Å². The number of amides is 1. The number of ether oxygens (including phenoxy) is 4. The second-order valence-corrected chi connectivity index (χ2v) is 3.23. The van der Waals surface area contributed by atoms with Gasteiger partial charge >= 0.3 is 0 Å². The standard InChI is InChI=1S/C11H16N2O5/c1-15-6-17-8-3-4-9(11(14)13-12)10(5-8)18-7-16-2/h3-5H,6-7,12H2,1-2H3,(H,13,14). The first-order chi connectivity index (χ1) is 8.72. The molecule has 0 aliphatic heterocycles. The molecule has 3 N–H and O–H groups in total. The van der Waals surface area contributed by atoms with E-state index in [1.54, 1.807) is 12.1 Å². The average Bonchev–Trinajstić information content (AvgIpc) is 2.42. The first kappa shape index (κ1) is 14.2. The molecule has 1 aromatic carbocycles. The van der Waals surface area contributed by atoms with Gasteiger partial charge in [0.15, 0.2) is 13.6 Å². The highest BCUT2D eigenvalue weighted by molar-refractivity contribution is 5.96. The van der Waals surface area contributed by atoms with Gasteiger partial charge in [0.2, 0.25) is 0 Å². The summed E-state index contributed by atoms with van der Waals surface area (Å²) in [5.74, 6) is 5.45. The normalized spacial score (nSPS) is 9.94. The van der Waals surface area contributed by atoms with Crippen LogP contribution < -0.4 is 20.7 Å². The van der Waals surface area contributed by atoms with E-state index in [4.69, 9.17) is 24.8 Å². The number of nitrogens with two attached hydrogens (primary N) is 1. The van der Waals surface area contributed by atoms with Crippen LogP contribution in [0.3, 0.4) is 0 Å². The van der Waals surface area contributed by atoms with Crippen molar-refractivity contribution in [2.24, 2.45) is 5.84 Å². The summed E-state index contributed by atoms with van der Waals surface area (Å²) in [6.45, 7) is 0.116. The van der Waals surface area contributed by atoms with Gasteiger partial charge < -0.3 is 18.9 Å². The lowest BCUT2D eigenvalue weighted by Crippen LogP contribution is -2.30. The van der Waals surface area contributed by atoms with E-state index in [0.717, 1.165) is 0 Å². The van der Waals surface area contributed by atoms with Crippen molar-refractivity contribution >= 4 is 5.91 Å². The fourth-order valence-corrected chi connectivity index (χ4v) is 1.23. The highest BCUT2D eigenvalue weighted by atomic mass is 16.7. The molecule has 0 heterocycles. The van der Waals surface area contributed by atoms with Gasteiger partial charge in [0.25, 0.3) is 5.91 Å². The van der Waals surface area contributed by atoms with Gasteiger partial charge in [-0.1, -0.05) is 0 Å². The van der Waals surface area contributed by atoms with Gasteiger partial charge in [0, 0.05) is 20.3 Å². The monoisotopic (exact) mass is 256 g/mol. The highest BCUT2D eigenvalue weighted by Crippen LogP contribution is 2.25. The van der Waals surface area contributed by atoms with Crippen molar-refractivity contribution in [1.82, 2.24) is 5.43 Å². The summed E-state index contributed by atoms with van der Waals surface area (Å²) in [4.78, 5) is 11.5. The number of hydrogen-bond acceptors (Lipinski definition) is 6. The topological polar surface area (TPSA) is 92.0 Å². The Morgan fingerprint density at radius 2 is 1.89 bits per heavy atom. The van der Waals surface area contributed by atoms with Crippen LogP contribution in [0.5, 0.6) is 11.5 Å². The maximum Gasteiger partial charge on any atom is 0.268 e. The van der Waals surface area contributed by atoms with E-state index in [1.807, 2.05) is 5.43 Å². The van der Waals surface area contributed by atoms with Crippen LogP contribution >= 0.6 is 0 Å². The third-order valence-electron chi connectivity index (χ3n) is 2.00. The second-order valence-electron chi connectivity index (χ2n) is 3.23. The molecule has 0 aromatic heterocycles. The first-order valence-corrected chi connectivity index (χ1v) is 5.11. The van der Waals surface area contributed by atoms with Gasteiger partial charge in [-0.3, -0.25) is 10.2 Å². The predicted molar refractivity (Wildman–Crippen MR) is 63.1 cm³/mol. The number of carbonyl (C=O) groups is 1. The van der Waals surface area contributed by atoms with Crippen LogP contribution in [0.1, 0.15) is 10.4 Å². The lowest BCUT2D eigenvalue weighted by Gasteiger charge is -2.12. The third-order valence-corrected chi connectivity index (χ3v) is 2.00. The Hall–Kier alpha value is -1.83. The van der Waals surface area contributed by atoms with E-state index in [9.17, 15) is 4.79 Å². The molecule has 0 radical (unpaired) electrons. The van der Waals surface area contributed by atoms with Crippen molar-refractivity contribution < 1.29 is 23.7 Å². The van der Waals surface area contributed by atoms with Gasteiger partial charge in [0.05, 0.1) is 5.56 Å². The van der Waals surface area contributed by atoms with Gasteiger partial charge in [-0.25, -0.2) is 5.84 Å². The Morgan fingerprint density at radius 1 is 1.22 bits per heavy atom. The van der Waals surface area contributed by atoms with Crippen molar-refractivity contribution in [2.75, 3.05) is 27.8 Å². The van der Waals surface area contributed by atoms with Crippen molar-refractivity contribution in [3.63, 3.8) is 0 Å². The molecular weight excluding hydrogens is 240 g/mol. The summed E-state index contributed by atoms with van der Waals surface area (Å²) in [5.41, 5.74) is 2.33. The molecule has 0 saturated carbocycles. The molecule has 0 saturated heterocycles. The molecule has 0 aliphatic carbocycles. The minimum Gasteiger partial charge on any atom is -0.467 e. The fraction of sp³-hybridized carbons (Fsp3) is 0.364. The van der Waals surface area contributed by atoms with Crippen LogP contribution in [-0.4, -0.2) is 33.7 Å². The molecule has 0 fully saturated rings. The van der Waals surface area contributed by atoms with Gasteiger partial charge in [-0.05, 0) is 12.1 Å². The molecule has 7 nitrogen and oxygen atoms in total. The zero-order valence-electron chi connectivity index (χ0n) is 10.3. The summed E-state index contributed by atoms with van der Waals surface area (Å²) in [5, 5.41) is 0. The number of hydrogen-bond donors (Lipinski definition) is 2. The molecule has 1 amide bonds.